The summed E-state index contributed by atoms with van der Waals surface area (Å²) < 4.78 is 0. The molecule has 3 heteroatoms. The fraction of sp³-hybridized carbons (Fsp3) is 0.700. The highest BCUT2D eigenvalue weighted by Gasteiger charge is 1.95. The van der Waals surface area contributed by atoms with Crippen molar-refractivity contribution < 1.29 is 15.0 Å². The molecule has 0 atom stereocenters. The van der Waals surface area contributed by atoms with E-state index >= 15 is 0 Å². The van der Waals surface area contributed by atoms with Crippen molar-refractivity contribution in [3.05, 3.63) is 0 Å². The monoisotopic (exact) mass is 454 g/mol. The Hall–Kier alpha value is -2.33. The summed E-state index contributed by atoms with van der Waals surface area (Å²) in [4.78, 5) is 10.2. The topological polar surface area (TPSA) is 57.5 Å². The van der Waals surface area contributed by atoms with Gasteiger partial charge in [0, 0.05) is 51.6 Å². The van der Waals surface area contributed by atoms with Gasteiger partial charge in [0.15, 0.2) is 0 Å². The van der Waals surface area contributed by atoms with E-state index in [0.29, 0.717) is 13.0 Å². The average Bonchev–Trinajstić information content (AvgIpc) is 2.81. The molecule has 33 heavy (non-hydrogen) atoms. The van der Waals surface area contributed by atoms with Crippen molar-refractivity contribution in [1.29, 1.82) is 0 Å². The molecule has 0 amide bonds. The van der Waals surface area contributed by atoms with Crippen LogP contribution in [0.25, 0.3) is 0 Å². The largest absolute Gasteiger partial charge is 0.481 e. The maximum Gasteiger partial charge on any atom is 0.303 e. The van der Waals surface area contributed by atoms with Gasteiger partial charge in [-0.2, -0.15) is 0 Å². The lowest BCUT2D eigenvalue weighted by atomic mass is 10.1. The first-order chi connectivity index (χ1) is 16.2. The Kier molecular flexibility index (Phi) is 31.7. The van der Waals surface area contributed by atoms with E-state index in [9.17, 15) is 4.79 Å². The van der Waals surface area contributed by atoms with Crippen LogP contribution >= 0.6 is 0 Å². The molecule has 2 N–H and O–H groups in total. The maximum atomic E-state index is 10.2. The Balaban J connectivity index is 0. The molecule has 0 aliphatic carbocycles. The predicted molar refractivity (Wildman–Crippen MR) is 140 cm³/mol. The molecule has 0 aliphatic rings. The zero-order valence-corrected chi connectivity index (χ0v) is 20.8. The number of carboxylic acids is 1. The molecule has 0 rings (SSSR count). The van der Waals surface area contributed by atoms with Crippen LogP contribution in [-0.4, -0.2) is 22.8 Å². The quantitative estimate of drug-likeness (QED) is 0.171. The van der Waals surface area contributed by atoms with Crippen molar-refractivity contribution in [2.45, 2.75) is 128 Å². The van der Waals surface area contributed by atoms with Crippen LogP contribution in [-0.2, 0) is 4.79 Å². The second-order valence-electron chi connectivity index (χ2n) is 8.08. The van der Waals surface area contributed by atoms with Gasteiger partial charge in [0.05, 0.1) is 0 Å². The number of carbonyl (C=O) groups is 1. The van der Waals surface area contributed by atoms with Gasteiger partial charge in [-0.05, 0) is 51.4 Å². The van der Waals surface area contributed by atoms with Gasteiger partial charge in [0.1, 0.15) is 0 Å². The minimum atomic E-state index is -0.697. The molecular formula is C30H46O3. The first kappa shape index (κ1) is 32.8. The number of terminal acetylenes is 2. The van der Waals surface area contributed by atoms with E-state index in [1.54, 1.807) is 0 Å². The van der Waals surface area contributed by atoms with Crippen LogP contribution in [0.2, 0.25) is 0 Å². The normalized spacial score (nSPS) is 9.18. The summed E-state index contributed by atoms with van der Waals surface area (Å²) in [6.45, 7) is 0.331. The molecule has 0 unspecified atom stereocenters. The number of aliphatic hydroxyl groups is 1. The van der Waals surface area contributed by atoms with Crippen LogP contribution in [0.15, 0.2) is 0 Å². The first-order valence-electron chi connectivity index (χ1n) is 12.8. The summed E-state index contributed by atoms with van der Waals surface area (Å²) in [5, 5.41) is 17.0. The summed E-state index contributed by atoms with van der Waals surface area (Å²) in [7, 11) is 0. The SMILES string of the molecule is C#CCCCCC#CCCCCCCC(=O)O.C#CCCCCC#CCCCCCCCO. The number of rotatable bonds is 18. The van der Waals surface area contributed by atoms with E-state index in [1.807, 2.05) is 0 Å². The van der Waals surface area contributed by atoms with E-state index in [2.05, 4.69) is 35.5 Å². The van der Waals surface area contributed by atoms with E-state index < -0.39 is 5.97 Å². The van der Waals surface area contributed by atoms with Gasteiger partial charge in [0.25, 0.3) is 0 Å². The van der Waals surface area contributed by atoms with Crippen LogP contribution in [0.4, 0.5) is 0 Å². The number of carboxylic acid groups (broad SMARTS) is 1. The Morgan fingerprint density at radius 3 is 1.24 bits per heavy atom. The lowest BCUT2D eigenvalue weighted by Gasteiger charge is -1.96. The van der Waals surface area contributed by atoms with Crippen molar-refractivity contribution in [3.8, 4) is 48.4 Å². The van der Waals surface area contributed by atoms with Crippen molar-refractivity contribution >= 4 is 5.97 Å². The molecule has 184 valence electrons. The number of aliphatic hydroxyl groups excluding tert-OH is 1. The van der Waals surface area contributed by atoms with Crippen LogP contribution in [0.5, 0.6) is 0 Å². The standard InChI is InChI=1S/C15H22O2.C15H24O/c1-2-3-4-5-6-7-8-9-10-11-12-13-14-15(16)17;1-2-3-4-5-6-7-8-9-10-11-12-13-14-15-16/h1H,3-6,9-14H2,(H,16,17);1,16H,3-6,9-15H2. The molecule has 0 aromatic heterocycles. The highest BCUT2D eigenvalue weighted by atomic mass is 16.4. The lowest BCUT2D eigenvalue weighted by Crippen LogP contribution is -1.93. The van der Waals surface area contributed by atoms with Gasteiger partial charge in [-0.25, -0.2) is 0 Å². The molecule has 0 saturated carbocycles. The summed E-state index contributed by atoms with van der Waals surface area (Å²) in [6.07, 6.45) is 30.3. The minimum Gasteiger partial charge on any atom is -0.481 e. The van der Waals surface area contributed by atoms with Crippen molar-refractivity contribution in [1.82, 2.24) is 0 Å². The molecule has 0 aliphatic heterocycles. The molecule has 3 nitrogen and oxygen atoms in total. The molecule has 0 radical (unpaired) electrons. The second-order valence-corrected chi connectivity index (χ2v) is 8.08. The number of hydrogen-bond donors (Lipinski definition) is 2. The first-order valence-corrected chi connectivity index (χ1v) is 12.8. The molecule has 0 spiro atoms. The van der Waals surface area contributed by atoms with E-state index in [1.165, 1.54) is 19.3 Å². The zero-order valence-electron chi connectivity index (χ0n) is 20.8. The van der Waals surface area contributed by atoms with Gasteiger partial charge in [-0.1, -0.05) is 32.1 Å². The molecule has 0 aromatic carbocycles. The average molecular weight is 455 g/mol. The Bertz CT molecular complexity index is 628. The predicted octanol–water partition coefficient (Wildman–Crippen LogP) is 7.12. The zero-order chi connectivity index (χ0) is 24.7. The number of hydrogen-bond acceptors (Lipinski definition) is 2. The fourth-order valence-corrected chi connectivity index (χ4v) is 2.93. The third-order valence-corrected chi connectivity index (χ3v) is 4.90. The Labute approximate surface area is 204 Å². The number of unbranched alkanes of at least 4 members (excludes halogenated alkanes) is 15. The molecular weight excluding hydrogens is 408 g/mol. The second kappa shape index (κ2) is 31.9. The van der Waals surface area contributed by atoms with Crippen molar-refractivity contribution in [2.24, 2.45) is 0 Å². The van der Waals surface area contributed by atoms with Crippen LogP contribution in [0.1, 0.15) is 128 Å². The van der Waals surface area contributed by atoms with Gasteiger partial charge < -0.3 is 10.2 Å². The van der Waals surface area contributed by atoms with E-state index in [4.69, 9.17) is 23.1 Å². The van der Waals surface area contributed by atoms with E-state index in [-0.39, 0.29) is 0 Å². The van der Waals surface area contributed by atoms with Crippen LogP contribution < -0.4 is 0 Å². The van der Waals surface area contributed by atoms with Crippen molar-refractivity contribution in [2.75, 3.05) is 6.61 Å². The summed E-state index contributed by atoms with van der Waals surface area (Å²) in [5.74, 6) is 17.2. The third kappa shape index (κ3) is 37.3. The van der Waals surface area contributed by atoms with E-state index in [0.717, 1.165) is 103 Å². The molecule has 0 fully saturated rings. The van der Waals surface area contributed by atoms with Gasteiger partial charge in [-0.15, -0.1) is 48.4 Å². The minimum absolute atomic E-state index is 0.293. The maximum absolute atomic E-state index is 10.2. The summed E-state index contributed by atoms with van der Waals surface area (Å²) >= 11 is 0. The smallest absolute Gasteiger partial charge is 0.303 e. The summed E-state index contributed by atoms with van der Waals surface area (Å²) in [5.41, 5.74) is 0. The molecule has 0 heterocycles. The Morgan fingerprint density at radius 1 is 0.515 bits per heavy atom. The van der Waals surface area contributed by atoms with Gasteiger partial charge in [0.2, 0.25) is 0 Å². The lowest BCUT2D eigenvalue weighted by molar-refractivity contribution is -0.137. The summed E-state index contributed by atoms with van der Waals surface area (Å²) in [6, 6.07) is 0. The van der Waals surface area contributed by atoms with Crippen LogP contribution in [0.3, 0.4) is 0 Å². The Morgan fingerprint density at radius 2 is 0.848 bits per heavy atom. The highest BCUT2D eigenvalue weighted by molar-refractivity contribution is 5.66. The van der Waals surface area contributed by atoms with Crippen molar-refractivity contribution in [3.63, 3.8) is 0 Å². The van der Waals surface area contributed by atoms with Gasteiger partial charge in [-0.3, -0.25) is 4.79 Å². The molecule has 0 aromatic rings. The fourth-order valence-electron chi connectivity index (χ4n) is 2.93. The van der Waals surface area contributed by atoms with Crippen LogP contribution in [0, 0.1) is 48.4 Å². The third-order valence-electron chi connectivity index (χ3n) is 4.90. The highest BCUT2D eigenvalue weighted by Crippen LogP contribution is 2.06. The number of aliphatic carboxylic acids is 1. The van der Waals surface area contributed by atoms with Gasteiger partial charge >= 0.3 is 5.97 Å². The molecule has 0 saturated heterocycles. The molecule has 0 bridgehead atoms.